The van der Waals surface area contributed by atoms with Crippen molar-refractivity contribution in [3.8, 4) is 34.2 Å². The molecule has 9 aromatic rings. The molecule has 0 N–H and O–H groups in total. The minimum Gasteiger partial charge on any atom is -0.337 e. The van der Waals surface area contributed by atoms with Crippen LogP contribution < -0.4 is 9.80 Å². The van der Waals surface area contributed by atoms with Crippen LogP contribution in [0.5, 0.6) is 0 Å². The van der Waals surface area contributed by atoms with Crippen molar-refractivity contribution < 1.29 is 0 Å². The first-order valence-corrected chi connectivity index (χ1v) is 17.6. The van der Waals surface area contributed by atoms with Crippen LogP contribution in [0.15, 0.2) is 176 Å². The van der Waals surface area contributed by atoms with Gasteiger partial charge in [-0.2, -0.15) is 0 Å². The Bertz CT molecular complexity index is 2530. The van der Waals surface area contributed by atoms with Crippen LogP contribution in [0.1, 0.15) is 0 Å². The molecule has 0 saturated heterocycles. The standard InChI is InChI=1S/C45H33N7/c1-3-16-34(17-4-1)51-40-24-9-7-22-38(40)47-43(51)32-14-11-20-36(30-32)49-28-29-50(45-42(49)26-13-27-46-45)37-21-12-15-33(31-37)44-48-39-23-8-10-25-41(39)52(44)35-18-5-2-6-19-35/h1-27,30-31H,28-29H2. The van der Waals surface area contributed by atoms with E-state index in [0.717, 1.165) is 92.2 Å². The first-order valence-electron chi connectivity index (χ1n) is 17.6. The first-order chi connectivity index (χ1) is 25.8. The van der Waals surface area contributed by atoms with Crippen molar-refractivity contribution >= 4 is 44.9 Å². The van der Waals surface area contributed by atoms with Crippen molar-refractivity contribution in [1.29, 1.82) is 0 Å². The average molecular weight is 672 g/mol. The van der Waals surface area contributed by atoms with Crippen LogP contribution in [0.25, 0.3) is 56.2 Å². The third-order valence-corrected chi connectivity index (χ3v) is 9.84. The molecule has 0 bridgehead atoms. The fourth-order valence-corrected chi connectivity index (χ4v) is 7.49. The molecule has 0 spiro atoms. The van der Waals surface area contributed by atoms with E-state index in [1.165, 1.54) is 0 Å². The molecule has 7 heteroatoms. The number of nitrogens with zero attached hydrogens (tertiary/aromatic N) is 7. The van der Waals surface area contributed by atoms with Crippen LogP contribution in [0.4, 0.5) is 22.9 Å². The minimum atomic E-state index is 0.759. The van der Waals surface area contributed by atoms with Crippen molar-refractivity contribution in [1.82, 2.24) is 24.1 Å². The first kappa shape index (κ1) is 29.9. The van der Waals surface area contributed by atoms with Crippen molar-refractivity contribution in [3.05, 3.63) is 176 Å². The van der Waals surface area contributed by atoms with Crippen molar-refractivity contribution in [3.63, 3.8) is 0 Å². The lowest BCUT2D eigenvalue weighted by molar-refractivity contribution is 0.833. The molecule has 248 valence electrons. The SMILES string of the molecule is c1ccc(-n2c(-c3cccc(N4CCN(c5cccc(-c6nc7ccccc7n6-c6ccccc6)c5)c5ncccc54)c3)nc3ccccc32)cc1. The molecule has 1 aliphatic rings. The summed E-state index contributed by atoms with van der Waals surface area (Å²) >= 11 is 0. The van der Waals surface area contributed by atoms with Gasteiger partial charge in [0.2, 0.25) is 0 Å². The van der Waals surface area contributed by atoms with E-state index >= 15 is 0 Å². The van der Waals surface area contributed by atoms with Crippen LogP contribution in [-0.2, 0) is 0 Å². The molecule has 6 aromatic carbocycles. The van der Waals surface area contributed by atoms with Gasteiger partial charge in [0.1, 0.15) is 11.6 Å². The minimum absolute atomic E-state index is 0.759. The van der Waals surface area contributed by atoms with Gasteiger partial charge in [-0.3, -0.25) is 9.13 Å². The van der Waals surface area contributed by atoms with Gasteiger partial charge in [-0.15, -0.1) is 0 Å². The van der Waals surface area contributed by atoms with Gasteiger partial charge in [-0.25, -0.2) is 15.0 Å². The van der Waals surface area contributed by atoms with Crippen molar-refractivity contribution in [2.45, 2.75) is 0 Å². The lowest BCUT2D eigenvalue weighted by atomic mass is 10.1. The molecule has 7 nitrogen and oxygen atoms in total. The lowest BCUT2D eigenvalue weighted by Gasteiger charge is -2.38. The summed E-state index contributed by atoms with van der Waals surface area (Å²) in [6.45, 7) is 1.54. The van der Waals surface area contributed by atoms with E-state index in [-0.39, 0.29) is 0 Å². The number of imidazole rings is 2. The number of aromatic nitrogens is 5. The Labute approximate surface area is 301 Å². The Hall–Kier alpha value is -6.99. The summed E-state index contributed by atoms with van der Waals surface area (Å²) in [5.41, 5.74) is 11.6. The Morgan fingerprint density at radius 3 is 1.46 bits per heavy atom. The number of anilines is 4. The predicted octanol–water partition coefficient (Wildman–Crippen LogP) is 10.4. The third-order valence-electron chi connectivity index (χ3n) is 9.84. The molecule has 0 atom stereocenters. The van der Waals surface area contributed by atoms with Gasteiger partial charge in [0.05, 0.1) is 27.8 Å². The van der Waals surface area contributed by atoms with Crippen LogP contribution >= 0.6 is 0 Å². The topological polar surface area (TPSA) is 55.0 Å². The second-order valence-corrected chi connectivity index (χ2v) is 12.9. The highest BCUT2D eigenvalue weighted by atomic mass is 15.3. The zero-order valence-corrected chi connectivity index (χ0v) is 28.3. The Morgan fingerprint density at radius 1 is 0.404 bits per heavy atom. The molecule has 0 amide bonds. The molecule has 0 fully saturated rings. The number of para-hydroxylation sites is 6. The van der Waals surface area contributed by atoms with Gasteiger partial charge in [-0.1, -0.05) is 84.9 Å². The molecule has 0 saturated carbocycles. The van der Waals surface area contributed by atoms with Gasteiger partial charge < -0.3 is 9.80 Å². The summed E-state index contributed by atoms with van der Waals surface area (Å²) in [5.74, 6) is 2.74. The van der Waals surface area contributed by atoms with Crippen LogP contribution in [0.2, 0.25) is 0 Å². The van der Waals surface area contributed by atoms with Crippen molar-refractivity contribution in [2.75, 3.05) is 22.9 Å². The second kappa shape index (κ2) is 12.4. The molecule has 4 heterocycles. The highest BCUT2D eigenvalue weighted by Crippen LogP contribution is 2.42. The summed E-state index contributed by atoms with van der Waals surface area (Å²) < 4.78 is 4.50. The maximum Gasteiger partial charge on any atom is 0.157 e. The molecule has 1 aliphatic heterocycles. The maximum atomic E-state index is 5.13. The van der Waals surface area contributed by atoms with Gasteiger partial charge in [0, 0.05) is 53.2 Å². The summed E-state index contributed by atoms with van der Waals surface area (Å²) in [6, 6.07) is 59.1. The normalized spacial score (nSPS) is 12.8. The van der Waals surface area contributed by atoms with Crippen LogP contribution in [0, 0.1) is 0 Å². The monoisotopic (exact) mass is 671 g/mol. The van der Waals surface area contributed by atoms with E-state index in [1.807, 2.05) is 36.5 Å². The fraction of sp³-hybridized carbons (Fsp3) is 0.0444. The number of rotatable bonds is 6. The molecule has 10 rings (SSSR count). The number of hydrogen-bond acceptors (Lipinski definition) is 5. The zero-order chi connectivity index (χ0) is 34.4. The summed E-state index contributed by atoms with van der Waals surface area (Å²) in [7, 11) is 0. The highest BCUT2D eigenvalue weighted by Gasteiger charge is 2.27. The summed E-state index contributed by atoms with van der Waals surface area (Å²) in [6.07, 6.45) is 1.88. The van der Waals surface area contributed by atoms with Gasteiger partial charge in [-0.05, 0) is 84.9 Å². The van der Waals surface area contributed by atoms with E-state index < -0.39 is 0 Å². The maximum absolute atomic E-state index is 5.13. The van der Waals surface area contributed by atoms with Gasteiger partial charge in [0.15, 0.2) is 5.82 Å². The fourth-order valence-electron chi connectivity index (χ4n) is 7.49. The quantitative estimate of drug-likeness (QED) is 0.176. The average Bonchev–Trinajstić information content (AvgIpc) is 3.81. The molecular formula is C45H33N7. The smallest absolute Gasteiger partial charge is 0.157 e. The van der Waals surface area contributed by atoms with Crippen LogP contribution in [0.3, 0.4) is 0 Å². The number of fused-ring (bicyclic) bond motifs is 3. The van der Waals surface area contributed by atoms with Crippen LogP contribution in [-0.4, -0.2) is 37.2 Å². The predicted molar refractivity (Wildman–Crippen MR) is 211 cm³/mol. The summed E-state index contributed by atoms with van der Waals surface area (Å²) in [4.78, 5) is 19.9. The zero-order valence-electron chi connectivity index (χ0n) is 28.3. The van der Waals surface area contributed by atoms with E-state index in [9.17, 15) is 0 Å². The lowest BCUT2D eigenvalue weighted by Crippen LogP contribution is -2.36. The Balaban J connectivity index is 1.03. The van der Waals surface area contributed by atoms with Gasteiger partial charge >= 0.3 is 0 Å². The Kier molecular flexibility index (Phi) is 7.13. The second-order valence-electron chi connectivity index (χ2n) is 12.9. The molecule has 52 heavy (non-hydrogen) atoms. The number of hydrogen-bond donors (Lipinski definition) is 0. The van der Waals surface area contributed by atoms with E-state index in [0.29, 0.717) is 0 Å². The molecule has 3 aromatic heterocycles. The molecule has 0 radical (unpaired) electrons. The van der Waals surface area contributed by atoms with E-state index in [1.54, 1.807) is 0 Å². The molecule has 0 unspecified atom stereocenters. The van der Waals surface area contributed by atoms with Gasteiger partial charge in [0.25, 0.3) is 0 Å². The largest absolute Gasteiger partial charge is 0.337 e. The highest BCUT2D eigenvalue weighted by molar-refractivity contribution is 5.87. The summed E-state index contributed by atoms with van der Waals surface area (Å²) in [5, 5.41) is 0. The molecular weight excluding hydrogens is 639 g/mol. The number of pyridine rings is 1. The van der Waals surface area contributed by atoms with E-state index in [4.69, 9.17) is 15.0 Å². The Morgan fingerprint density at radius 2 is 0.885 bits per heavy atom. The van der Waals surface area contributed by atoms with E-state index in [2.05, 4.69) is 158 Å². The van der Waals surface area contributed by atoms with Crippen molar-refractivity contribution in [2.24, 2.45) is 0 Å². The number of benzene rings is 6. The third kappa shape index (κ3) is 5.02. The molecule has 0 aliphatic carbocycles.